The molecule has 3 heteroatoms. The van der Waals surface area contributed by atoms with Crippen molar-refractivity contribution in [3.63, 3.8) is 0 Å². The molecule has 1 N–H and O–H groups in total. The fourth-order valence-electron chi connectivity index (χ4n) is 2.75. The first-order valence-corrected chi connectivity index (χ1v) is 7.27. The second-order valence-electron chi connectivity index (χ2n) is 5.53. The number of aromatic nitrogens is 2. The van der Waals surface area contributed by atoms with E-state index in [0.29, 0.717) is 0 Å². The van der Waals surface area contributed by atoms with E-state index in [9.17, 15) is 0 Å². The van der Waals surface area contributed by atoms with Crippen LogP contribution >= 0.6 is 0 Å². The molecule has 0 aliphatic rings. The average Bonchev–Trinajstić information content (AvgIpc) is 2.67. The first kappa shape index (κ1) is 14.8. The molecule has 0 aliphatic carbocycles. The maximum Gasteiger partial charge on any atom is 0.0667 e. The van der Waals surface area contributed by atoms with Gasteiger partial charge in [0.1, 0.15) is 0 Å². The van der Waals surface area contributed by atoms with Crippen molar-refractivity contribution in [1.82, 2.24) is 15.1 Å². The molecule has 3 nitrogen and oxygen atoms in total. The predicted molar refractivity (Wildman–Crippen MR) is 84.3 cm³/mol. The molecule has 1 aromatic heterocycles. The third-order valence-corrected chi connectivity index (χ3v) is 4.11. The molecule has 0 atom stereocenters. The topological polar surface area (TPSA) is 29.9 Å². The zero-order valence-corrected chi connectivity index (χ0v) is 13.2. The van der Waals surface area contributed by atoms with Crippen LogP contribution in [-0.2, 0) is 13.0 Å². The molecule has 108 valence electrons. The van der Waals surface area contributed by atoms with Crippen LogP contribution in [0.5, 0.6) is 0 Å². The highest BCUT2D eigenvalue weighted by Gasteiger charge is 2.12. The van der Waals surface area contributed by atoms with Crippen LogP contribution in [0.1, 0.15) is 33.6 Å². The third-order valence-electron chi connectivity index (χ3n) is 4.11. The molecule has 0 spiro atoms. The van der Waals surface area contributed by atoms with Crippen molar-refractivity contribution in [3.05, 3.63) is 51.8 Å². The summed E-state index contributed by atoms with van der Waals surface area (Å²) < 4.78 is 2.15. The van der Waals surface area contributed by atoms with Gasteiger partial charge in [0, 0.05) is 5.69 Å². The molecule has 2 rings (SSSR count). The zero-order chi connectivity index (χ0) is 14.7. The van der Waals surface area contributed by atoms with Crippen molar-refractivity contribution in [2.45, 2.75) is 40.7 Å². The second kappa shape index (κ2) is 6.23. The Bertz CT molecular complexity index is 576. The molecule has 20 heavy (non-hydrogen) atoms. The number of nitrogens with zero attached hydrogens (tertiary/aromatic N) is 2. The maximum atomic E-state index is 4.73. The van der Waals surface area contributed by atoms with E-state index in [1.807, 2.05) is 7.05 Å². The Labute approximate surface area is 122 Å². The Morgan fingerprint density at radius 1 is 1.05 bits per heavy atom. The van der Waals surface area contributed by atoms with E-state index < -0.39 is 0 Å². The van der Waals surface area contributed by atoms with Crippen LogP contribution in [0.3, 0.4) is 0 Å². The highest BCUT2D eigenvalue weighted by Crippen LogP contribution is 2.19. The van der Waals surface area contributed by atoms with Crippen molar-refractivity contribution >= 4 is 0 Å². The molecule has 0 bridgehead atoms. The van der Waals surface area contributed by atoms with Crippen LogP contribution in [0.2, 0.25) is 0 Å². The van der Waals surface area contributed by atoms with Crippen molar-refractivity contribution in [3.8, 4) is 0 Å². The number of aryl methyl sites for hydroxylation is 3. The van der Waals surface area contributed by atoms with Crippen molar-refractivity contribution in [2.24, 2.45) is 0 Å². The van der Waals surface area contributed by atoms with Gasteiger partial charge < -0.3 is 5.32 Å². The van der Waals surface area contributed by atoms with Gasteiger partial charge in [-0.05, 0) is 70.0 Å². The lowest BCUT2D eigenvalue weighted by Crippen LogP contribution is -2.12. The summed E-state index contributed by atoms with van der Waals surface area (Å²) in [7, 11) is 1.99. The van der Waals surface area contributed by atoms with Crippen LogP contribution in [0.25, 0.3) is 0 Å². The van der Waals surface area contributed by atoms with E-state index in [4.69, 9.17) is 5.10 Å². The van der Waals surface area contributed by atoms with Gasteiger partial charge in [-0.1, -0.05) is 18.2 Å². The van der Waals surface area contributed by atoms with Gasteiger partial charge in [0.2, 0.25) is 0 Å². The summed E-state index contributed by atoms with van der Waals surface area (Å²) in [6, 6.07) is 6.47. The Hall–Kier alpha value is -1.61. The smallest absolute Gasteiger partial charge is 0.0667 e. The van der Waals surface area contributed by atoms with E-state index >= 15 is 0 Å². The molecule has 0 radical (unpaired) electrons. The van der Waals surface area contributed by atoms with Crippen molar-refractivity contribution in [2.75, 3.05) is 13.6 Å². The molecular weight excluding hydrogens is 246 g/mol. The van der Waals surface area contributed by atoms with Gasteiger partial charge in [0.25, 0.3) is 0 Å². The summed E-state index contributed by atoms with van der Waals surface area (Å²) in [5.41, 5.74) is 7.90. The summed E-state index contributed by atoms with van der Waals surface area (Å²) in [6.07, 6.45) is 1.04. The van der Waals surface area contributed by atoms with Crippen LogP contribution < -0.4 is 5.32 Å². The number of likely N-dealkylation sites (N-methyl/N-ethyl adjacent to an activating group) is 1. The van der Waals surface area contributed by atoms with E-state index in [0.717, 1.165) is 25.2 Å². The summed E-state index contributed by atoms with van der Waals surface area (Å²) in [4.78, 5) is 0. The molecular formula is C17H25N3. The quantitative estimate of drug-likeness (QED) is 0.906. The number of benzene rings is 1. The van der Waals surface area contributed by atoms with Gasteiger partial charge in [-0.2, -0.15) is 5.10 Å². The van der Waals surface area contributed by atoms with Gasteiger partial charge in [-0.15, -0.1) is 0 Å². The minimum Gasteiger partial charge on any atom is -0.319 e. The number of hydrogen-bond donors (Lipinski definition) is 1. The minimum absolute atomic E-state index is 0.866. The largest absolute Gasteiger partial charge is 0.319 e. The fraction of sp³-hybridized carbons (Fsp3) is 0.471. The number of nitrogens with one attached hydrogen (secondary N) is 1. The van der Waals surface area contributed by atoms with Gasteiger partial charge in [0.05, 0.1) is 12.2 Å². The maximum absolute atomic E-state index is 4.73. The summed E-state index contributed by atoms with van der Waals surface area (Å²) in [5, 5.41) is 7.94. The van der Waals surface area contributed by atoms with E-state index in [1.54, 1.807) is 0 Å². The van der Waals surface area contributed by atoms with Gasteiger partial charge in [-0.25, -0.2) is 0 Å². The van der Waals surface area contributed by atoms with Gasteiger partial charge >= 0.3 is 0 Å². The lowest BCUT2D eigenvalue weighted by atomic mass is 10.0. The monoisotopic (exact) mass is 271 g/mol. The Balaban J connectivity index is 2.30. The Kier molecular flexibility index (Phi) is 4.61. The molecule has 0 unspecified atom stereocenters. The molecule has 2 aromatic rings. The highest BCUT2D eigenvalue weighted by atomic mass is 15.3. The SMILES string of the molecule is CNCCc1c(C)nn(Cc2c(C)cccc2C)c1C. The van der Waals surface area contributed by atoms with Gasteiger partial charge in [-0.3, -0.25) is 4.68 Å². The standard InChI is InChI=1S/C17H25N3/c1-12-7-6-8-13(2)17(12)11-20-15(4)16(9-10-18-5)14(3)19-20/h6-8,18H,9-11H2,1-5H3. The first-order valence-electron chi connectivity index (χ1n) is 7.27. The lowest BCUT2D eigenvalue weighted by molar-refractivity contribution is 0.652. The normalized spacial score (nSPS) is 11.1. The molecule has 0 saturated heterocycles. The van der Waals surface area contributed by atoms with Gasteiger partial charge in [0.15, 0.2) is 0 Å². The average molecular weight is 271 g/mol. The first-order chi connectivity index (χ1) is 9.54. The lowest BCUT2D eigenvalue weighted by Gasteiger charge is -2.11. The second-order valence-corrected chi connectivity index (χ2v) is 5.53. The zero-order valence-electron chi connectivity index (χ0n) is 13.2. The van der Waals surface area contributed by atoms with E-state index in [2.05, 4.69) is 55.9 Å². The molecule has 0 saturated carbocycles. The Morgan fingerprint density at radius 3 is 2.30 bits per heavy atom. The van der Waals surface area contributed by atoms with Crippen LogP contribution in [0.4, 0.5) is 0 Å². The third kappa shape index (κ3) is 2.93. The van der Waals surface area contributed by atoms with Crippen LogP contribution in [0.15, 0.2) is 18.2 Å². The molecule has 0 aliphatic heterocycles. The van der Waals surface area contributed by atoms with Crippen LogP contribution in [0, 0.1) is 27.7 Å². The molecule has 1 heterocycles. The van der Waals surface area contributed by atoms with Crippen molar-refractivity contribution < 1.29 is 0 Å². The van der Waals surface area contributed by atoms with Crippen molar-refractivity contribution in [1.29, 1.82) is 0 Å². The minimum atomic E-state index is 0.866. The summed E-state index contributed by atoms with van der Waals surface area (Å²) in [6.45, 7) is 10.5. The molecule has 0 amide bonds. The number of hydrogen-bond acceptors (Lipinski definition) is 2. The van der Waals surface area contributed by atoms with Crippen LogP contribution in [-0.4, -0.2) is 23.4 Å². The molecule has 0 fully saturated rings. The summed E-state index contributed by atoms with van der Waals surface area (Å²) in [5.74, 6) is 0. The fourth-order valence-corrected chi connectivity index (χ4v) is 2.75. The predicted octanol–water partition coefficient (Wildman–Crippen LogP) is 2.93. The van der Waals surface area contributed by atoms with E-state index in [1.165, 1.54) is 27.9 Å². The molecule has 1 aromatic carbocycles. The van der Waals surface area contributed by atoms with E-state index in [-0.39, 0.29) is 0 Å². The number of rotatable bonds is 5. The Morgan fingerprint density at radius 2 is 1.70 bits per heavy atom. The summed E-state index contributed by atoms with van der Waals surface area (Å²) >= 11 is 0. The highest BCUT2D eigenvalue weighted by molar-refractivity contribution is 5.34.